The maximum atomic E-state index is 6.86. The van der Waals surface area contributed by atoms with Gasteiger partial charge in [-0.05, 0) is 111 Å². The smallest absolute Gasteiger partial charge is 0.159 e. The monoisotopic (exact) mass is 974 g/mol. The summed E-state index contributed by atoms with van der Waals surface area (Å²) in [5.74, 6) is 0. The van der Waals surface area contributed by atoms with Gasteiger partial charge in [0.15, 0.2) is 11.2 Å². The van der Waals surface area contributed by atoms with Gasteiger partial charge in [-0.3, -0.25) is 0 Å². The van der Waals surface area contributed by atoms with Crippen LogP contribution in [-0.4, -0.2) is 8.80 Å². The van der Waals surface area contributed by atoms with Crippen molar-refractivity contribution in [3.05, 3.63) is 229 Å². The third-order valence-electron chi connectivity index (χ3n) is 16.8. The van der Waals surface area contributed by atoms with Gasteiger partial charge in [-0.1, -0.05) is 146 Å². The predicted octanol–water partition coefficient (Wildman–Crippen LogP) is 20.0. The average Bonchev–Trinajstić information content (AvgIpc) is 4.32. The topological polar surface area (TPSA) is 41.6 Å². The molecule has 0 bridgehead atoms. The normalized spacial score (nSPS) is 12.5. The van der Waals surface area contributed by atoms with Gasteiger partial charge in [0.2, 0.25) is 0 Å². The summed E-state index contributed by atoms with van der Waals surface area (Å²) in [6.07, 6.45) is 0. The Labute approximate surface area is 435 Å². The molecule has 0 saturated carbocycles. The van der Waals surface area contributed by atoms with Crippen molar-refractivity contribution in [1.29, 1.82) is 0 Å². The Hall–Kier alpha value is -9.78. The summed E-state index contributed by atoms with van der Waals surface area (Å²) in [7, 11) is 0. The molecule has 17 aromatic rings. The zero-order valence-corrected chi connectivity index (χ0v) is 42.2. The summed E-state index contributed by atoms with van der Waals surface area (Å²) < 4.78 is 18.8. The molecule has 6 aromatic heterocycles. The second-order valence-electron chi connectivity index (χ2n) is 21.0. The van der Waals surface area contributed by atoms with E-state index in [1.807, 2.05) is 0 Å². The van der Waals surface area contributed by atoms with Crippen LogP contribution in [0.15, 0.2) is 215 Å². The van der Waals surface area contributed by atoms with Gasteiger partial charge in [0, 0.05) is 76.0 Å². The number of furan rings is 2. The van der Waals surface area contributed by atoms with E-state index < -0.39 is 0 Å². The molecule has 6 heterocycles. The summed E-state index contributed by atoms with van der Waals surface area (Å²) in [4.78, 5) is 4.93. The maximum absolute atomic E-state index is 6.86. The zero-order valence-electron chi connectivity index (χ0n) is 42.2. The van der Waals surface area contributed by atoms with Crippen molar-refractivity contribution in [1.82, 2.24) is 8.80 Å². The minimum absolute atomic E-state index is 0.887. The summed E-state index contributed by atoms with van der Waals surface area (Å²) in [6, 6.07) is 75.6. The lowest BCUT2D eigenvalue weighted by atomic mass is 10.0. The van der Waals surface area contributed by atoms with Crippen LogP contribution in [-0.2, 0) is 0 Å². The van der Waals surface area contributed by atoms with Gasteiger partial charge in [-0.25, -0.2) is 0 Å². The molecule has 11 aromatic carbocycles. The Morgan fingerprint density at radius 1 is 0.289 bits per heavy atom. The maximum Gasteiger partial charge on any atom is 0.159 e. The summed E-state index contributed by atoms with van der Waals surface area (Å²) in [5.41, 5.74) is 22.0. The van der Waals surface area contributed by atoms with E-state index in [0.29, 0.717) is 0 Å². The Bertz CT molecular complexity index is 4980. The van der Waals surface area contributed by atoms with Gasteiger partial charge < -0.3 is 27.4 Å². The quantitative estimate of drug-likeness (QED) is 0.166. The first-order chi connectivity index (χ1) is 37.4. The minimum Gasteiger partial charge on any atom is -0.454 e. The van der Waals surface area contributed by atoms with Crippen LogP contribution < -0.4 is 9.80 Å². The Balaban J connectivity index is 0.933. The van der Waals surface area contributed by atoms with Gasteiger partial charge >= 0.3 is 0 Å². The van der Waals surface area contributed by atoms with Crippen LogP contribution in [0.4, 0.5) is 34.1 Å². The molecule has 0 aliphatic heterocycles. The van der Waals surface area contributed by atoms with E-state index in [4.69, 9.17) is 8.83 Å². The highest BCUT2D eigenvalue weighted by Crippen LogP contribution is 2.53. The van der Waals surface area contributed by atoms with Crippen LogP contribution in [0.1, 0.15) is 22.3 Å². The molecule has 0 fully saturated rings. The first-order valence-corrected chi connectivity index (χ1v) is 26.3. The SMILES string of the molecule is Cc1ccccc1N(c1c(C)ccc2c1oc1ccccc12)c1cccc2c1c1cccc3c4cc5c(cc4n2c31)c1cccc2c3c(N(c4ccccc4C)c4c(C)ccc6c4oc4ccccc46)cccc3n5c12. The average molecular weight is 975 g/mol. The summed E-state index contributed by atoms with van der Waals surface area (Å²) >= 11 is 0. The molecule has 0 radical (unpaired) electrons. The van der Waals surface area contributed by atoms with Crippen molar-refractivity contribution in [3.63, 3.8) is 0 Å². The van der Waals surface area contributed by atoms with Gasteiger partial charge in [0.25, 0.3) is 0 Å². The molecule has 76 heavy (non-hydrogen) atoms. The third-order valence-corrected chi connectivity index (χ3v) is 16.8. The molecular weight excluding hydrogens is 929 g/mol. The third kappa shape index (κ3) is 5.29. The van der Waals surface area contributed by atoms with Crippen molar-refractivity contribution < 1.29 is 8.83 Å². The van der Waals surface area contributed by atoms with Gasteiger partial charge in [-0.15, -0.1) is 0 Å². The van der Waals surface area contributed by atoms with Crippen molar-refractivity contribution in [2.45, 2.75) is 27.7 Å². The van der Waals surface area contributed by atoms with Crippen molar-refractivity contribution in [3.8, 4) is 0 Å². The number of rotatable bonds is 6. The molecule has 358 valence electrons. The molecule has 0 spiro atoms. The summed E-state index contributed by atoms with van der Waals surface area (Å²) in [5, 5.41) is 14.3. The summed E-state index contributed by atoms with van der Waals surface area (Å²) in [6.45, 7) is 8.84. The molecule has 0 unspecified atom stereocenters. The largest absolute Gasteiger partial charge is 0.454 e. The van der Waals surface area contributed by atoms with Crippen LogP contribution in [0, 0.1) is 27.7 Å². The molecule has 0 aliphatic carbocycles. The van der Waals surface area contributed by atoms with E-state index in [9.17, 15) is 0 Å². The van der Waals surface area contributed by atoms with Crippen molar-refractivity contribution >= 4 is 154 Å². The van der Waals surface area contributed by atoms with Crippen LogP contribution in [0.25, 0.3) is 120 Å². The van der Waals surface area contributed by atoms with Crippen LogP contribution in [0.5, 0.6) is 0 Å². The molecule has 6 nitrogen and oxygen atoms in total. The van der Waals surface area contributed by atoms with Crippen LogP contribution in [0.2, 0.25) is 0 Å². The Kier molecular flexibility index (Phi) is 8.19. The molecule has 6 heteroatoms. The highest BCUT2D eigenvalue weighted by Gasteiger charge is 2.30. The van der Waals surface area contributed by atoms with Gasteiger partial charge in [0.05, 0.1) is 55.8 Å². The van der Waals surface area contributed by atoms with Gasteiger partial charge in [0.1, 0.15) is 11.2 Å². The fourth-order valence-corrected chi connectivity index (χ4v) is 13.6. The van der Waals surface area contributed by atoms with E-state index in [-0.39, 0.29) is 0 Å². The zero-order chi connectivity index (χ0) is 50.2. The molecule has 0 N–H and O–H groups in total. The number of anilines is 6. The van der Waals surface area contributed by atoms with E-state index in [0.717, 1.165) is 89.1 Å². The Morgan fingerprint density at radius 2 is 0.671 bits per heavy atom. The molecule has 0 aliphatic rings. The molecule has 0 amide bonds. The van der Waals surface area contributed by atoms with Crippen molar-refractivity contribution in [2.24, 2.45) is 0 Å². The van der Waals surface area contributed by atoms with E-state index in [1.54, 1.807) is 0 Å². The lowest BCUT2D eigenvalue weighted by Gasteiger charge is -2.29. The van der Waals surface area contributed by atoms with E-state index in [2.05, 4.69) is 253 Å². The molecule has 0 atom stereocenters. The number of aryl methyl sites for hydroxylation is 4. The second-order valence-corrected chi connectivity index (χ2v) is 21.0. The highest BCUT2D eigenvalue weighted by atomic mass is 16.3. The van der Waals surface area contributed by atoms with Crippen molar-refractivity contribution in [2.75, 3.05) is 9.80 Å². The second kappa shape index (κ2) is 14.9. The van der Waals surface area contributed by atoms with Gasteiger partial charge in [-0.2, -0.15) is 0 Å². The fraction of sp³-hybridized carbons (Fsp3) is 0.0571. The Morgan fingerprint density at radius 3 is 1.13 bits per heavy atom. The standard InChI is InChI=1S/C70H46N4O2/c1-39-17-5-9-25-53(39)71(65-41(3)33-35-47-43-19-7-11-31-61(43)75-69(47)65)55-27-15-29-57-63(55)49-23-13-21-45-51-38-60-52(37-59(51)73(57)67(45)49)46-22-14-24-50-64-56(28-16-30-58(64)74(60)68(46)50)72(54-26-10-6-18-40(54)2)66-42(4)34-36-48-44-20-8-12-32-62(44)76-70(48)66/h5-38H,1-4H3. The van der Waals surface area contributed by atoms with E-state index >= 15 is 0 Å². The number of hydrogen-bond donors (Lipinski definition) is 0. The first-order valence-electron chi connectivity index (χ1n) is 26.3. The molecule has 17 rings (SSSR count). The number of hydrogen-bond acceptors (Lipinski definition) is 4. The number of benzene rings is 11. The fourth-order valence-electron chi connectivity index (χ4n) is 13.6. The predicted molar refractivity (Wildman–Crippen MR) is 319 cm³/mol. The molecular formula is C70H46N4O2. The number of para-hydroxylation sites is 6. The van der Waals surface area contributed by atoms with Crippen LogP contribution >= 0.6 is 0 Å². The van der Waals surface area contributed by atoms with Crippen LogP contribution in [0.3, 0.4) is 0 Å². The number of fused-ring (bicyclic) bond motifs is 18. The number of nitrogens with zero attached hydrogens (tertiary/aromatic N) is 4. The minimum atomic E-state index is 0.887. The molecule has 0 saturated heterocycles. The lowest BCUT2D eigenvalue weighted by Crippen LogP contribution is -2.13. The number of aromatic nitrogens is 2. The highest BCUT2D eigenvalue weighted by molar-refractivity contribution is 6.31. The van der Waals surface area contributed by atoms with E-state index in [1.165, 1.54) is 87.3 Å². The lowest BCUT2D eigenvalue weighted by molar-refractivity contribution is 0.668. The first kappa shape index (κ1) is 41.7.